The van der Waals surface area contributed by atoms with E-state index in [1.807, 2.05) is 0 Å². The topological polar surface area (TPSA) is 55.1 Å². The summed E-state index contributed by atoms with van der Waals surface area (Å²) in [5.41, 5.74) is 0.404. The van der Waals surface area contributed by atoms with Gasteiger partial charge in [-0.1, -0.05) is 25.1 Å². The summed E-state index contributed by atoms with van der Waals surface area (Å²) in [4.78, 5) is 12.5. The average Bonchev–Trinajstić information content (AvgIpc) is 2.60. The van der Waals surface area contributed by atoms with Crippen LogP contribution in [0.25, 0.3) is 22.0 Å². The zero-order chi connectivity index (χ0) is 17.3. The van der Waals surface area contributed by atoms with E-state index in [2.05, 4.69) is 5.10 Å². The van der Waals surface area contributed by atoms with Crippen molar-refractivity contribution < 1.29 is 13.9 Å². The summed E-state index contributed by atoms with van der Waals surface area (Å²) in [6.45, 7) is 1.84. The minimum Gasteiger partial charge on any atom is -0.391 e. The molecule has 0 amide bonds. The Bertz CT molecular complexity index is 953. The van der Waals surface area contributed by atoms with Crippen molar-refractivity contribution in [3.05, 3.63) is 64.5 Å². The Morgan fingerprint density at radius 1 is 1.12 bits per heavy atom. The molecule has 0 bridgehead atoms. The number of aliphatic hydroxyl groups is 1. The largest absolute Gasteiger partial charge is 0.391 e. The zero-order valence-corrected chi connectivity index (χ0v) is 13.0. The van der Waals surface area contributed by atoms with Crippen LogP contribution in [-0.4, -0.2) is 21.0 Å². The molecule has 0 radical (unpaired) electrons. The molecule has 0 fully saturated rings. The van der Waals surface area contributed by atoms with Gasteiger partial charge in [0.25, 0.3) is 5.56 Å². The van der Waals surface area contributed by atoms with E-state index < -0.39 is 17.7 Å². The average molecular weight is 330 g/mol. The highest BCUT2D eigenvalue weighted by atomic mass is 19.2. The van der Waals surface area contributed by atoms with Crippen molar-refractivity contribution in [1.82, 2.24) is 9.78 Å². The maximum atomic E-state index is 13.6. The third-order valence-corrected chi connectivity index (χ3v) is 3.92. The summed E-state index contributed by atoms with van der Waals surface area (Å²) in [5, 5.41) is 15.1. The lowest BCUT2D eigenvalue weighted by atomic mass is 10.0. The van der Waals surface area contributed by atoms with Crippen LogP contribution >= 0.6 is 0 Å². The lowest BCUT2D eigenvalue weighted by molar-refractivity contribution is 0.143. The molecule has 0 spiro atoms. The summed E-state index contributed by atoms with van der Waals surface area (Å²) < 4.78 is 28.0. The van der Waals surface area contributed by atoms with Crippen molar-refractivity contribution in [2.75, 3.05) is 0 Å². The Morgan fingerprint density at radius 2 is 1.83 bits per heavy atom. The molecule has 0 aliphatic rings. The summed E-state index contributed by atoms with van der Waals surface area (Å²) >= 11 is 0. The molecule has 4 nitrogen and oxygen atoms in total. The lowest BCUT2D eigenvalue weighted by Crippen LogP contribution is -2.29. The van der Waals surface area contributed by atoms with E-state index in [0.717, 1.165) is 12.1 Å². The fraction of sp³-hybridized carbons (Fsp3) is 0.222. The van der Waals surface area contributed by atoms with Crippen LogP contribution in [0.15, 0.2) is 47.3 Å². The molecular weight excluding hydrogens is 314 g/mol. The predicted molar refractivity (Wildman–Crippen MR) is 87.7 cm³/mol. The Morgan fingerprint density at radius 3 is 2.50 bits per heavy atom. The van der Waals surface area contributed by atoms with Crippen molar-refractivity contribution >= 4 is 10.8 Å². The number of aromatic nitrogens is 2. The smallest absolute Gasteiger partial charge is 0.274 e. The lowest BCUT2D eigenvalue weighted by Gasteiger charge is -2.13. The molecule has 24 heavy (non-hydrogen) atoms. The van der Waals surface area contributed by atoms with Crippen LogP contribution in [0.4, 0.5) is 8.78 Å². The summed E-state index contributed by atoms with van der Waals surface area (Å²) in [6.07, 6.45) is -0.240. The molecule has 1 atom stereocenters. The minimum atomic E-state index is -0.982. The molecular formula is C18H16F2N2O2. The molecule has 0 saturated carbocycles. The van der Waals surface area contributed by atoms with Gasteiger partial charge in [0.2, 0.25) is 0 Å². The van der Waals surface area contributed by atoms with Gasteiger partial charge in [0.15, 0.2) is 11.6 Å². The molecule has 124 valence electrons. The van der Waals surface area contributed by atoms with Crippen molar-refractivity contribution in [3.8, 4) is 11.3 Å². The van der Waals surface area contributed by atoms with Gasteiger partial charge in [0, 0.05) is 10.9 Å². The number of fused-ring (bicyclic) bond motifs is 1. The first kappa shape index (κ1) is 16.3. The molecule has 1 aromatic heterocycles. The third-order valence-electron chi connectivity index (χ3n) is 3.92. The summed E-state index contributed by atoms with van der Waals surface area (Å²) in [6, 6.07) is 10.3. The number of benzene rings is 2. The SMILES string of the molecule is CC[C@H](O)Cn1nc(-c2ccc(F)c(F)c2)c2ccccc2c1=O. The Hall–Kier alpha value is -2.60. The van der Waals surface area contributed by atoms with Crippen LogP contribution in [0, 0.1) is 11.6 Å². The Balaban J connectivity index is 2.27. The first-order chi connectivity index (χ1) is 11.5. The number of aliphatic hydroxyl groups excluding tert-OH is 1. The van der Waals surface area contributed by atoms with Gasteiger partial charge in [-0.2, -0.15) is 5.10 Å². The van der Waals surface area contributed by atoms with Gasteiger partial charge in [0.1, 0.15) is 0 Å². The normalized spacial score (nSPS) is 12.5. The van der Waals surface area contributed by atoms with Crippen LogP contribution in [0.3, 0.4) is 0 Å². The van der Waals surface area contributed by atoms with E-state index in [1.54, 1.807) is 31.2 Å². The van der Waals surface area contributed by atoms with Crippen LogP contribution in [-0.2, 0) is 6.54 Å². The fourth-order valence-electron chi connectivity index (χ4n) is 2.54. The van der Waals surface area contributed by atoms with E-state index in [0.29, 0.717) is 28.5 Å². The molecule has 0 aliphatic heterocycles. The van der Waals surface area contributed by atoms with E-state index in [9.17, 15) is 18.7 Å². The van der Waals surface area contributed by atoms with Crippen molar-refractivity contribution in [3.63, 3.8) is 0 Å². The number of hydrogen-bond donors (Lipinski definition) is 1. The third kappa shape index (κ3) is 2.92. The van der Waals surface area contributed by atoms with Crippen LogP contribution in [0.1, 0.15) is 13.3 Å². The van der Waals surface area contributed by atoms with Crippen LogP contribution in [0.2, 0.25) is 0 Å². The monoisotopic (exact) mass is 330 g/mol. The van der Waals surface area contributed by atoms with E-state index in [4.69, 9.17) is 0 Å². The van der Waals surface area contributed by atoms with E-state index >= 15 is 0 Å². The van der Waals surface area contributed by atoms with Crippen LogP contribution < -0.4 is 5.56 Å². The van der Waals surface area contributed by atoms with Crippen molar-refractivity contribution in [2.45, 2.75) is 26.0 Å². The molecule has 1 N–H and O–H groups in total. The van der Waals surface area contributed by atoms with Crippen molar-refractivity contribution in [2.24, 2.45) is 0 Å². The van der Waals surface area contributed by atoms with Gasteiger partial charge in [-0.3, -0.25) is 4.79 Å². The Kier molecular flexibility index (Phi) is 4.40. The zero-order valence-electron chi connectivity index (χ0n) is 13.0. The molecule has 1 heterocycles. The number of nitrogens with zero attached hydrogens (tertiary/aromatic N) is 2. The van der Waals surface area contributed by atoms with Gasteiger partial charge < -0.3 is 5.11 Å². The Labute approximate surface area is 137 Å². The van der Waals surface area contributed by atoms with E-state index in [-0.39, 0.29) is 12.1 Å². The first-order valence-electron chi connectivity index (χ1n) is 7.64. The molecule has 3 aromatic rings. The van der Waals surface area contributed by atoms with Gasteiger partial charge in [-0.25, -0.2) is 13.5 Å². The van der Waals surface area contributed by atoms with Gasteiger partial charge in [0.05, 0.1) is 23.7 Å². The first-order valence-corrected chi connectivity index (χ1v) is 7.64. The molecule has 2 aromatic carbocycles. The molecule has 6 heteroatoms. The van der Waals surface area contributed by atoms with Gasteiger partial charge >= 0.3 is 0 Å². The highest BCUT2D eigenvalue weighted by Gasteiger charge is 2.15. The molecule has 0 aliphatic carbocycles. The summed E-state index contributed by atoms with van der Waals surface area (Å²) in [7, 11) is 0. The van der Waals surface area contributed by atoms with E-state index in [1.165, 1.54) is 10.7 Å². The number of hydrogen-bond acceptors (Lipinski definition) is 3. The summed E-state index contributed by atoms with van der Waals surface area (Å²) in [5.74, 6) is -1.93. The quantitative estimate of drug-likeness (QED) is 0.800. The van der Waals surface area contributed by atoms with Gasteiger partial charge in [-0.05, 0) is 30.7 Å². The maximum absolute atomic E-state index is 13.6. The maximum Gasteiger partial charge on any atom is 0.274 e. The highest BCUT2D eigenvalue weighted by Crippen LogP contribution is 2.26. The molecule has 0 saturated heterocycles. The minimum absolute atomic E-state index is 0.0385. The number of rotatable bonds is 4. The molecule has 3 rings (SSSR count). The van der Waals surface area contributed by atoms with Crippen LogP contribution in [0.5, 0.6) is 0 Å². The second-order valence-corrected chi connectivity index (χ2v) is 5.57. The second kappa shape index (κ2) is 6.49. The molecule has 0 unspecified atom stereocenters. The number of halogens is 2. The van der Waals surface area contributed by atoms with Crippen molar-refractivity contribution in [1.29, 1.82) is 0 Å². The fourth-order valence-corrected chi connectivity index (χ4v) is 2.54. The standard InChI is InChI=1S/C18H16F2N2O2/c1-2-12(23)10-22-18(24)14-6-4-3-5-13(14)17(21-22)11-7-8-15(19)16(20)9-11/h3-9,12,23H,2,10H2,1H3/t12-/m0/s1. The highest BCUT2D eigenvalue weighted by molar-refractivity contribution is 5.93. The predicted octanol–water partition coefficient (Wildman–Crippen LogP) is 3.11. The van der Waals surface area contributed by atoms with Gasteiger partial charge in [-0.15, -0.1) is 0 Å². The second-order valence-electron chi connectivity index (χ2n) is 5.57.